The van der Waals surface area contributed by atoms with Crippen LogP contribution in [0.1, 0.15) is 28.9 Å². The molecule has 2 aromatic carbocycles. The molecular formula is C23H24FN3O. The zero-order chi connectivity index (χ0) is 19.5. The average Bonchev–Trinajstić information content (AvgIpc) is 2.73. The van der Waals surface area contributed by atoms with Gasteiger partial charge in [-0.1, -0.05) is 30.3 Å². The molecule has 0 radical (unpaired) electrons. The summed E-state index contributed by atoms with van der Waals surface area (Å²) in [6, 6.07) is 16.5. The Balaban J connectivity index is 1.38. The van der Waals surface area contributed by atoms with Gasteiger partial charge in [0.25, 0.3) is 5.91 Å². The van der Waals surface area contributed by atoms with Crippen molar-refractivity contribution in [2.75, 3.05) is 25.0 Å². The van der Waals surface area contributed by atoms with E-state index >= 15 is 0 Å². The van der Waals surface area contributed by atoms with Crippen molar-refractivity contribution in [1.29, 1.82) is 0 Å². The number of anilines is 1. The number of benzene rings is 2. The van der Waals surface area contributed by atoms with Gasteiger partial charge in [-0.25, -0.2) is 9.37 Å². The van der Waals surface area contributed by atoms with Crippen molar-refractivity contribution >= 4 is 22.5 Å². The summed E-state index contributed by atoms with van der Waals surface area (Å²) in [5, 5.41) is 4.30. The van der Waals surface area contributed by atoms with Gasteiger partial charge in [-0.05, 0) is 49.9 Å². The van der Waals surface area contributed by atoms with Crippen LogP contribution in [0.3, 0.4) is 0 Å². The number of carbonyl (C=O) groups is 1. The molecule has 0 spiro atoms. The third kappa shape index (κ3) is 3.84. The summed E-state index contributed by atoms with van der Waals surface area (Å²) < 4.78 is 14.1. The van der Waals surface area contributed by atoms with E-state index in [0.29, 0.717) is 11.4 Å². The lowest BCUT2D eigenvalue weighted by molar-refractivity contribution is 0.0695. The number of aryl methyl sites for hydroxylation is 1. The number of para-hydroxylation sites is 1. The molecule has 1 N–H and O–H groups in total. The van der Waals surface area contributed by atoms with Crippen molar-refractivity contribution in [1.82, 2.24) is 9.88 Å². The van der Waals surface area contributed by atoms with E-state index < -0.39 is 0 Å². The van der Waals surface area contributed by atoms with Crippen molar-refractivity contribution in [3.63, 3.8) is 0 Å². The van der Waals surface area contributed by atoms with Crippen LogP contribution in [-0.2, 0) is 0 Å². The third-order valence-corrected chi connectivity index (χ3v) is 5.42. The molecule has 4 rings (SSSR count). The standard InChI is InChI=1S/C23H24FN3O/c1-16-14-21(19-8-5-9-20(24)22(19)26-16)25-15-17-10-12-27(13-11-17)23(28)18-6-3-2-4-7-18/h2-9,14,17H,10-13,15H2,1H3,(H,25,26). The van der Waals surface area contributed by atoms with Crippen LogP contribution in [0.5, 0.6) is 0 Å². The summed E-state index contributed by atoms with van der Waals surface area (Å²) in [6.07, 6.45) is 1.92. The molecule has 1 aromatic heterocycles. The molecule has 4 nitrogen and oxygen atoms in total. The van der Waals surface area contributed by atoms with Gasteiger partial charge in [-0.15, -0.1) is 0 Å². The zero-order valence-electron chi connectivity index (χ0n) is 16.0. The highest BCUT2D eigenvalue weighted by molar-refractivity contribution is 5.94. The Morgan fingerprint density at radius 3 is 2.64 bits per heavy atom. The maximum Gasteiger partial charge on any atom is 0.253 e. The first kappa shape index (κ1) is 18.4. The summed E-state index contributed by atoms with van der Waals surface area (Å²) in [7, 11) is 0. The molecule has 5 heteroatoms. The molecule has 1 saturated heterocycles. The van der Waals surface area contributed by atoms with Crippen LogP contribution < -0.4 is 5.32 Å². The number of nitrogens with zero attached hydrogens (tertiary/aromatic N) is 2. The van der Waals surface area contributed by atoms with Crippen molar-refractivity contribution in [3.8, 4) is 0 Å². The first-order valence-corrected chi connectivity index (χ1v) is 9.76. The van der Waals surface area contributed by atoms with Crippen LogP contribution in [-0.4, -0.2) is 35.4 Å². The number of amides is 1. The highest BCUT2D eigenvalue weighted by atomic mass is 19.1. The molecule has 0 unspecified atom stereocenters. The predicted molar refractivity (Wildman–Crippen MR) is 110 cm³/mol. The molecule has 0 aliphatic carbocycles. The van der Waals surface area contributed by atoms with Crippen LogP contribution >= 0.6 is 0 Å². The number of carbonyl (C=O) groups excluding carboxylic acids is 1. The van der Waals surface area contributed by atoms with E-state index in [1.807, 2.05) is 54.3 Å². The van der Waals surface area contributed by atoms with Gasteiger partial charge in [0.1, 0.15) is 11.3 Å². The smallest absolute Gasteiger partial charge is 0.253 e. The van der Waals surface area contributed by atoms with E-state index in [1.165, 1.54) is 6.07 Å². The minimum Gasteiger partial charge on any atom is -0.384 e. The van der Waals surface area contributed by atoms with E-state index in [9.17, 15) is 9.18 Å². The number of aromatic nitrogens is 1. The number of halogens is 1. The average molecular weight is 377 g/mol. The van der Waals surface area contributed by atoms with Gasteiger partial charge in [-0.3, -0.25) is 4.79 Å². The minimum atomic E-state index is -0.294. The quantitative estimate of drug-likeness (QED) is 0.720. The Morgan fingerprint density at radius 1 is 1.14 bits per heavy atom. The predicted octanol–water partition coefficient (Wildman–Crippen LogP) is 4.65. The lowest BCUT2D eigenvalue weighted by Crippen LogP contribution is -2.39. The topological polar surface area (TPSA) is 45.2 Å². The Labute approximate surface area is 164 Å². The minimum absolute atomic E-state index is 0.109. The van der Waals surface area contributed by atoms with Gasteiger partial charge >= 0.3 is 0 Å². The van der Waals surface area contributed by atoms with Gasteiger partial charge in [0.15, 0.2) is 0 Å². The molecular weight excluding hydrogens is 353 g/mol. The second-order valence-corrected chi connectivity index (χ2v) is 7.43. The maximum absolute atomic E-state index is 14.1. The van der Waals surface area contributed by atoms with E-state index in [-0.39, 0.29) is 11.7 Å². The van der Waals surface area contributed by atoms with Gasteiger partial charge in [0.2, 0.25) is 0 Å². The number of fused-ring (bicyclic) bond motifs is 1. The van der Waals surface area contributed by atoms with Gasteiger partial charge < -0.3 is 10.2 Å². The van der Waals surface area contributed by atoms with Crippen LogP contribution in [0.15, 0.2) is 54.6 Å². The van der Waals surface area contributed by atoms with Crippen LogP contribution in [0.25, 0.3) is 10.9 Å². The highest BCUT2D eigenvalue weighted by Crippen LogP contribution is 2.26. The number of nitrogens with one attached hydrogen (secondary N) is 1. The van der Waals surface area contributed by atoms with Crippen molar-refractivity contribution in [3.05, 3.63) is 71.7 Å². The van der Waals surface area contributed by atoms with Crippen LogP contribution in [0, 0.1) is 18.7 Å². The molecule has 28 heavy (non-hydrogen) atoms. The van der Waals surface area contributed by atoms with E-state index in [0.717, 1.165) is 54.8 Å². The summed E-state index contributed by atoms with van der Waals surface area (Å²) in [5.41, 5.74) is 2.88. The summed E-state index contributed by atoms with van der Waals surface area (Å²) >= 11 is 0. The molecule has 3 aromatic rings. The van der Waals surface area contributed by atoms with Gasteiger partial charge in [0, 0.05) is 42.0 Å². The Kier molecular flexibility index (Phi) is 5.24. The van der Waals surface area contributed by atoms with Crippen LogP contribution in [0.4, 0.5) is 10.1 Å². The number of pyridine rings is 1. The van der Waals surface area contributed by atoms with E-state index in [1.54, 1.807) is 6.07 Å². The second-order valence-electron chi connectivity index (χ2n) is 7.43. The van der Waals surface area contributed by atoms with Crippen molar-refractivity contribution in [2.24, 2.45) is 5.92 Å². The lowest BCUT2D eigenvalue weighted by Gasteiger charge is -2.32. The highest BCUT2D eigenvalue weighted by Gasteiger charge is 2.23. The summed E-state index contributed by atoms with van der Waals surface area (Å²) in [4.78, 5) is 18.8. The number of hydrogen-bond acceptors (Lipinski definition) is 3. The Hall–Kier alpha value is -2.95. The second kappa shape index (κ2) is 7.97. The molecule has 1 amide bonds. The first-order chi connectivity index (χ1) is 13.6. The number of piperidine rings is 1. The third-order valence-electron chi connectivity index (χ3n) is 5.42. The number of rotatable bonds is 4. The Morgan fingerprint density at radius 2 is 1.89 bits per heavy atom. The van der Waals surface area contributed by atoms with Gasteiger partial charge in [0.05, 0.1) is 0 Å². The molecule has 1 aliphatic heterocycles. The largest absolute Gasteiger partial charge is 0.384 e. The van der Waals surface area contributed by atoms with E-state index in [2.05, 4.69) is 10.3 Å². The monoisotopic (exact) mass is 377 g/mol. The normalized spacial score (nSPS) is 15.0. The molecule has 1 aliphatic rings. The SMILES string of the molecule is Cc1cc(NCC2CCN(C(=O)c3ccccc3)CC2)c2cccc(F)c2n1. The molecule has 0 saturated carbocycles. The number of likely N-dealkylation sites (tertiary alicyclic amines) is 1. The molecule has 1 fully saturated rings. The van der Waals surface area contributed by atoms with Gasteiger partial charge in [-0.2, -0.15) is 0 Å². The Bertz CT molecular complexity index is 982. The van der Waals surface area contributed by atoms with E-state index in [4.69, 9.17) is 0 Å². The maximum atomic E-state index is 14.1. The molecule has 144 valence electrons. The zero-order valence-corrected chi connectivity index (χ0v) is 16.0. The fourth-order valence-electron chi connectivity index (χ4n) is 3.85. The fraction of sp³-hybridized carbons (Fsp3) is 0.304. The summed E-state index contributed by atoms with van der Waals surface area (Å²) in [6.45, 7) is 4.23. The van der Waals surface area contributed by atoms with Crippen molar-refractivity contribution < 1.29 is 9.18 Å². The van der Waals surface area contributed by atoms with Crippen LogP contribution in [0.2, 0.25) is 0 Å². The number of hydrogen-bond donors (Lipinski definition) is 1. The molecule has 2 heterocycles. The fourth-order valence-corrected chi connectivity index (χ4v) is 3.85. The molecule has 0 atom stereocenters. The van der Waals surface area contributed by atoms with Crippen molar-refractivity contribution in [2.45, 2.75) is 19.8 Å². The first-order valence-electron chi connectivity index (χ1n) is 9.76. The summed E-state index contributed by atoms with van der Waals surface area (Å²) in [5.74, 6) is 0.298. The lowest BCUT2D eigenvalue weighted by atomic mass is 9.96. The molecule has 0 bridgehead atoms.